The van der Waals surface area contributed by atoms with E-state index in [9.17, 15) is 4.39 Å². The third-order valence-corrected chi connectivity index (χ3v) is 3.48. The van der Waals surface area contributed by atoms with Crippen LogP contribution in [0.3, 0.4) is 0 Å². The molecule has 0 aliphatic rings. The largest absolute Gasteiger partial charge is 0.309 e. The molecule has 0 bridgehead atoms. The standard InChI is InChI=1S/C14H18ClFN4/c1-3-7-17-12(8-13-18-9-19-20(13)2)10-5-4-6-11(15)14(10)16/h4-6,9,12,17H,3,7-8H2,1-2H3. The second-order valence-corrected chi connectivity index (χ2v) is 5.06. The molecular formula is C14H18ClFN4. The van der Waals surface area contributed by atoms with Crippen LogP contribution in [0.2, 0.25) is 5.02 Å². The molecule has 108 valence electrons. The zero-order valence-electron chi connectivity index (χ0n) is 11.6. The summed E-state index contributed by atoms with van der Waals surface area (Å²) >= 11 is 5.87. The lowest BCUT2D eigenvalue weighted by atomic mass is 10.0. The molecule has 0 spiro atoms. The lowest BCUT2D eigenvalue weighted by molar-refractivity contribution is 0.481. The fourth-order valence-corrected chi connectivity index (χ4v) is 2.27. The first-order valence-corrected chi connectivity index (χ1v) is 7.01. The van der Waals surface area contributed by atoms with E-state index in [0.717, 1.165) is 18.8 Å². The summed E-state index contributed by atoms with van der Waals surface area (Å²) in [5.41, 5.74) is 0.564. The normalized spacial score (nSPS) is 12.6. The number of aromatic nitrogens is 3. The van der Waals surface area contributed by atoms with E-state index < -0.39 is 0 Å². The summed E-state index contributed by atoms with van der Waals surface area (Å²) in [6.07, 6.45) is 3.03. The second-order valence-electron chi connectivity index (χ2n) is 4.65. The summed E-state index contributed by atoms with van der Waals surface area (Å²) in [5, 5.41) is 7.52. The lowest BCUT2D eigenvalue weighted by Gasteiger charge is -2.19. The number of rotatable bonds is 6. The quantitative estimate of drug-likeness (QED) is 0.891. The maximum atomic E-state index is 14.2. The van der Waals surface area contributed by atoms with E-state index in [-0.39, 0.29) is 16.9 Å². The van der Waals surface area contributed by atoms with Gasteiger partial charge < -0.3 is 5.32 Å². The van der Waals surface area contributed by atoms with Gasteiger partial charge in [0.15, 0.2) is 0 Å². The molecule has 20 heavy (non-hydrogen) atoms. The highest BCUT2D eigenvalue weighted by Gasteiger charge is 2.19. The fourth-order valence-electron chi connectivity index (χ4n) is 2.09. The molecule has 1 unspecified atom stereocenters. The highest BCUT2D eigenvalue weighted by molar-refractivity contribution is 6.30. The molecule has 2 aromatic rings. The van der Waals surface area contributed by atoms with Crippen LogP contribution in [-0.2, 0) is 13.5 Å². The molecule has 2 rings (SSSR count). The van der Waals surface area contributed by atoms with Crippen LogP contribution in [0.5, 0.6) is 0 Å². The van der Waals surface area contributed by atoms with Crippen molar-refractivity contribution in [1.29, 1.82) is 0 Å². The first-order chi connectivity index (χ1) is 9.63. The number of aryl methyl sites for hydroxylation is 1. The van der Waals surface area contributed by atoms with Crippen LogP contribution >= 0.6 is 11.6 Å². The van der Waals surface area contributed by atoms with Gasteiger partial charge in [0.05, 0.1) is 5.02 Å². The lowest BCUT2D eigenvalue weighted by Crippen LogP contribution is -2.26. The molecule has 1 atom stereocenters. The second kappa shape index (κ2) is 6.81. The van der Waals surface area contributed by atoms with Crippen LogP contribution in [0.25, 0.3) is 0 Å². The Morgan fingerprint density at radius 2 is 2.25 bits per heavy atom. The van der Waals surface area contributed by atoms with Crippen molar-refractivity contribution in [2.24, 2.45) is 7.05 Å². The van der Waals surface area contributed by atoms with Gasteiger partial charge in [-0.1, -0.05) is 30.7 Å². The van der Waals surface area contributed by atoms with Crippen LogP contribution in [0, 0.1) is 5.82 Å². The summed E-state index contributed by atoms with van der Waals surface area (Å²) in [4.78, 5) is 4.20. The zero-order chi connectivity index (χ0) is 14.5. The third-order valence-electron chi connectivity index (χ3n) is 3.19. The van der Waals surface area contributed by atoms with Crippen LogP contribution < -0.4 is 5.32 Å². The van der Waals surface area contributed by atoms with Gasteiger partial charge in [-0.05, 0) is 19.0 Å². The van der Waals surface area contributed by atoms with E-state index in [1.807, 2.05) is 7.05 Å². The number of benzene rings is 1. The molecule has 0 saturated heterocycles. The number of hydrogen-bond acceptors (Lipinski definition) is 3. The van der Waals surface area contributed by atoms with Crippen molar-refractivity contribution in [3.05, 3.63) is 46.8 Å². The topological polar surface area (TPSA) is 42.7 Å². The smallest absolute Gasteiger partial charge is 0.146 e. The highest BCUT2D eigenvalue weighted by Crippen LogP contribution is 2.25. The molecule has 0 amide bonds. The maximum Gasteiger partial charge on any atom is 0.146 e. The molecule has 1 aromatic heterocycles. The Labute approximate surface area is 123 Å². The molecule has 0 aliphatic carbocycles. The molecule has 0 aliphatic heterocycles. The number of halogens is 2. The van der Waals surface area contributed by atoms with Crippen LogP contribution in [0.1, 0.15) is 30.8 Å². The Morgan fingerprint density at radius 1 is 1.45 bits per heavy atom. The summed E-state index contributed by atoms with van der Waals surface area (Å²) in [5.74, 6) is 0.433. The van der Waals surface area contributed by atoms with E-state index in [2.05, 4.69) is 22.3 Å². The van der Waals surface area contributed by atoms with Gasteiger partial charge in [-0.15, -0.1) is 0 Å². The maximum absolute atomic E-state index is 14.2. The minimum Gasteiger partial charge on any atom is -0.309 e. The average Bonchev–Trinajstić information content (AvgIpc) is 2.83. The Morgan fingerprint density at radius 3 is 2.90 bits per heavy atom. The van der Waals surface area contributed by atoms with E-state index in [1.54, 1.807) is 22.9 Å². The van der Waals surface area contributed by atoms with E-state index in [1.165, 1.54) is 6.33 Å². The van der Waals surface area contributed by atoms with Gasteiger partial charge in [0.1, 0.15) is 18.0 Å². The van der Waals surface area contributed by atoms with Crippen molar-refractivity contribution < 1.29 is 4.39 Å². The van der Waals surface area contributed by atoms with E-state index in [0.29, 0.717) is 12.0 Å². The van der Waals surface area contributed by atoms with Crippen LogP contribution in [-0.4, -0.2) is 21.3 Å². The van der Waals surface area contributed by atoms with Gasteiger partial charge in [0.25, 0.3) is 0 Å². The van der Waals surface area contributed by atoms with Gasteiger partial charge in [-0.25, -0.2) is 9.37 Å². The van der Waals surface area contributed by atoms with Crippen LogP contribution in [0.15, 0.2) is 24.5 Å². The molecule has 0 saturated carbocycles. The van der Waals surface area contributed by atoms with Gasteiger partial charge in [-0.2, -0.15) is 5.10 Å². The summed E-state index contributed by atoms with van der Waals surface area (Å²) in [6, 6.07) is 4.90. The Balaban J connectivity index is 2.27. The monoisotopic (exact) mass is 296 g/mol. The van der Waals surface area contributed by atoms with Crippen LogP contribution in [0.4, 0.5) is 4.39 Å². The Kier molecular flexibility index (Phi) is 5.09. The van der Waals surface area contributed by atoms with Gasteiger partial charge in [-0.3, -0.25) is 4.68 Å². The number of nitrogens with zero attached hydrogens (tertiary/aromatic N) is 3. The third kappa shape index (κ3) is 3.35. The molecule has 6 heteroatoms. The molecule has 0 fully saturated rings. The van der Waals surface area contributed by atoms with Gasteiger partial charge >= 0.3 is 0 Å². The van der Waals surface area contributed by atoms with Crippen molar-refractivity contribution in [2.45, 2.75) is 25.8 Å². The summed E-state index contributed by atoms with van der Waals surface area (Å²) in [6.45, 7) is 2.87. The van der Waals surface area contributed by atoms with Crippen molar-refractivity contribution in [1.82, 2.24) is 20.1 Å². The predicted octanol–water partition coefficient (Wildman–Crippen LogP) is 2.89. The van der Waals surface area contributed by atoms with Crippen molar-refractivity contribution in [3.63, 3.8) is 0 Å². The van der Waals surface area contributed by atoms with Gasteiger partial charge in [0.2, 0.25) is 0 Å². The van der Waals surface area contributed by atoms with E-state index >= 15 is 0 Å². The SMILES string of the molecule is CCCNC(Cc1ncnn1C)c1cccc(Cl)c1F. The molecule has 1 aromatic carbocycles. The minimum atomic E-state index is -0.370. The molecule has 0 radical (unpaired) electrons. The zero-order valence-corrected chi connectivity index (χ0v) is 12.4. The average molecular weight is 297 g/mol. The molecule has 4 nitrogen and oxygen atoms in total. The number of nitrogens with one attached hydrogen (secondary N) is 1. The van der Waals surface area contributed by atoms with Crippen molar-refractivity contribution >= 4 is 11.6 Å². The summed E-state index contributed by atoms with van der Waals surface area (Å²) in [7, 11) is 1.83. The van der Waals surface area contributed by atoms with Crippen molar-refractivity contribution in [3.8, 4) is 0 Å². The first kappa shape index (κ1) is 14.9. The Bertz CT molecular complexity index is 570. The van der Waals surface area contributed by atoms with Crippen molar-refractivity contribution in [2.75, 3.05) is 6.54 Å². The van der Waals surface area contributed by atoms with E-state index in [4.69, 9.17) is 11.6 Å². The highest BCUT2D eigenvalue weighted by atomic mass is 35.5. The molecule has 1 N–H and O–H groups in total. The van der Waals surface area contributed by atoms with Gasteiger partial charge in [0, 0.05) is 25.1 Å². The first-order valence-electron chi connectivity index (χ1n) is 6.63. The minimum absolute atomic E-state index is 0.142. The number of hydrogen-bond donors (Lipinski definition) is 1. The summed E-state index contributed by atoms with van der Waals surface area (Å²) < 4.78 is 15.9. The fraction of sp³-hybridized carbons (Fsp3) is 0.429. The Hall–Kier alpha value is -1.46. The molecule has 1 heterocycles. The molecular weight excluding hydrogens is 279 g/mol. The predicted molar refractivity (Wildman–Crippen MR) is 77.2 cm³/mol.